The van der Waals surface area contributed by atoms with Crippen molar-refractivity contribution >= 4 is 28.9 Å². The maximum Gasteiger partial charge on any atom is 0.349 e. The number of amides is 1. The van der Waals surface area contributed by atoms with Crippen LogP contribution in [0.4, 0.5) is 5.69 Å². The molecular formula is C18H21NO3S. The fraction of sp³-hybridized carbons (Fsp3) is 0.333. The van der Waals surface area contributed by atoms with Gasteiger partial charge in [0.25, 0.3) is 5.91 Å². The maximum atomic E-state index is 12.3. The number of nitrogens with one attached hydrogen (secondary N) is 1. The summed E-state index contributed by atoms with van der Waals surface area (Å²) in [4.78, 5) is 25.8. The second-order valence-electron chi connectivity index (χ2n) is 5.72. The molecule has 0 aliphatic rings. The molecule has 2 aromatic rings. The zero-order valence-electron chi connectivity index (χ0n) is 14.0. The molecule has 1 amide bonds. The molecule has 0 bridgehead atoms. The SMILES string of the molecule is Cc1cc(C)c(NC(=O)[C@H](C)OC(=O)c2ccc(C)s2)c(C)c1. The van der Waals surface area contributed by atoms with Crippen molar-refractivity contribution in [2.45, 2.75) is 40.7 Å². The molecule has 0 aliphatic heterocycles. The molecule has 0 unspecified atom stereocenters. The van der Waals surface area contributed by atoms with Crippen LogP contribution in [0, 0.1) is 27.7 Å². The molecule has 0 spiro atoms. The molecule has 122 valence electrons. The third kappa shape index (κ3) is 4.20. The average molecular weight is 331 g/mol. The number of hydrogen-bond acceptors (Lipinski definition) is 4. The van der Waals surface area contributed by atoms with Crippen molar-refractivity contribution in [2.75, 3.05) is 5.32 Å². The number of thiophene rings is 1. The molecule has 1 atom stereocenters. The molecule has 1 aromatic heterocycles. The van der Waals surface area contributed by atoms with Crippen LogP contribution in [0.5, 0.6) is 0 Å². The Hall–Kier alpha value is -2.14. The first-order chi connectivity index (χ1) is 10.8. The predicted octanol–water partition coefficient (Wildman–Crippen LogP) is 4.17. The number of hydrogen-bond donors (Lipinski definition) is 1. The Bertz CT molecular complexity index is 725. The van der Waals surface area contributed by atoms with E-state index in [2.05, 4.69) is 5.32 Å². The van der Waals surface area contributed by atoms with Crippen LogP contribution in [0.25, 0.3) is 0 Å². The van der Waals surface area contributed by atoms with Gasteiger partial charge in [0.1, 0.15) is 4.88 Å². The number of rotatable bonds is 4. The topological polar surface area (TPSA) is 55.4 Å². The van der Waals surface area contributed by atoms with Crippen LogP contribution in [0.1, 0.15) is 38.2 Å². The van der Waals surface area contributed by atoms with Crippen molar-refractivity contribution in [1.82, 2.24) is 0 Å². The van der Waals surface area contributed by atoms with E-state index < -0.39 is 12.1 Å². The van der Waals surface area contributed by atoms with Crippen molar-refractivity contribution in [2.24, 2.45) is 0 Å². The van der Waals surface area contributed by atoms with Gasteiger partial charge in [-0.3, -0.25) is 4.79 Å². The molecule has 0 fully saturated rings. The highest BCUT2D eigenvalue weighted by molar-refractivity contribution is 7.13. The molecule has 5 heteroatoms. The summed E-state index contributed by atoms with van der Waals surface area (Å²) >= 11 is 1.35. The second-order valence-corrected chi connectivity index (χ2v) is 7.01. The maximum absolute atomic E-state index is 12.3. The van der Waals surface area contributed by atoms with Crippen molar-refractivity contribution < 1.29 is 14.3 Å². The molecule has 0 radical (unpaired) electrons. The number of anilines is 1. The summed E-state index contributed by atoms with van der Waals surface area (Å²) in [5.41, 5.74) is 3.90. The van der Waals surface area contributed by atoms with E-state index in [0.717, 1.165) is 27.3 Å². The van der Waals surface area contributed by atoms with Crippen LogP contribution in [0.2, 0.25) is 0 Å². The van der Waals surface area contributed by atoms with E-state index in [1.807, 2.05) is 45.9 Å². The molecule has 4 nitrogen and oxygen atoms in total. The predicted molar refractivity (Wildman–Crippen MR) is 93.2 cm³/mol. The van der Waals surface area contributed by atoms with Gasteiger partial charge in [-0.2, -0.15) is 0 Å². The van der Waals surface area contributed by atoms with E-state index in [1.54, 1.807) is 13.0 Å². The standard InChI is InChI=1S/C18H21NO3S/c1-10-8-11(2)16(12(3)9-10)19-17(20)14(5)22-18(21)15-7-6-13(4)23-15/h6-9,14H,1-5H3,(H,19,20)/t14-/m0/s1. The van der Waals surface area contributed by atoms with Crippen LogP contribution in [0.3, 0.4) is 0 Å². The van der Waals surface area contributed by atoms with Gasteiger partial charge in [-0.05, 0) is 57.9 Å². The Morgan fingerprint density at radius 2 is 1.70 bits per heavy atom. The van der Waals surface area contributed by atoms with Crippen molar-refractivity contribution in [1.29, 1.82) is 0 Å². The van der Waals surface area contributed by atoms with Gasteiger partial charge in [0.2, 0.25) is 0 Å². The fourth-order valence-electron chi connectivity index (χ4n) is 2.42. The zero-order chi connectivity index (χ0) is 17.1. The molecular weight excluding hydrogens is 310 g/mol. The number of benzene rings is 1. The number of carbonyl (C=O) groups is 2. The third-order valence-electron chi connectivity index (χ3n) is 3.52. The summed E-state index contributed by atoms with van der Waals surface area (Å²) < 4.78 is 5.25. The smallest absolute Gasteiger partial charge is 0.349 e. The van der Waals surface area contributed by atoms with Crippen molar-refractivity contribution in [3.8, 4) is 0 Å². The molecule has 0 aliphatic carbocycles. The lowest BCUT2D eigenvalue weighted by molar-refractivity contribution is -0.123. The molecule has 23 heavy (non-hydrogen) atoms. The van der Waals surface area contributed by atoms with Gasteiger partial charge >= 0.3 is 5.97 Å². The quantitative estimate of drug-likeness (QED) is 0.856. The minimum atomic E-state index is -0.856. The highest BCUT2D eigenvalue weighted by Crippen LogP contribution is 2.22. The first-order valence-electron chi connectivity index (χ1n) is 7.44. The Morgan fingerprint density at radius 3 is 2.22 bits per heavy atom. The van der Waals surface area contributed by atoms with Gasteiger partial charge < -0.3 is 10.1 Å². The summed E-state index contributed by atoms with van der Waals surface area (Å²) in [6.07, 6.45) is -0.856. The van der Waals surface area contributed by atoms with Gasteiger partial charge in [0, 0.05) is 10.6 Å². The van der Waals surface area contributed by atoms with E-state index in [1.165, 1.54) is 11.3 Å². The van der Waals surface area contributed by atoms with Crippen LogP contribution < -0.4 is 5.32 Å². The van der Waals surface area contributed by atoms with E-state index in [9.17, 15) is 9.59 Å². The highest BCUT2D eigenvalue weighted by atomic mass is 32.1. The fourth-order valence-corrected chi connectivity index (χ4v) is 3.17. The lowest BCUT2D eigenvalue weighted by atomic mass is 10.0. The Kier molecular flexibility index (Phi) is 5.21. The van der Waals surface area contributed by atoms with E-state index >= 15 is 0 Å². The Morgan fingerprint density at radius 1 is 1.09 bits per heavy atom. The third-order valence-corrected chi connectivity index (χ3v) is 4.50. The minimum absolute atomic E-state index is 0.332. The van der Waals surface area contributed by atoms with Gasteiger partial charge in [-0.1, -0.05) is 17.7 Å². The lowest BCUT2D eigenvalue weighted by Gasteiger charge is -2.16. The monoisotopic (exact) mass is 331 g/mol. The van der Waals surface area contributed by atoms with E-state index in [0.29, 0.717) is 4.88 Å². The van der Waals surface area contributed by atoms with Gasteiger partial charge in [0.15, 0.2) is 6.10 Å². The van der Waals surface area contributed by atoms with Crippen LogP contribution in [-0.4, -0.2) is 18.0 Å². The average Bonchev–Trinajstić information content (AvgIpc) is 2.89. The Labute approximate surface area is 140 Å². The minimum Gasteiger partial charge on any atom is -0.448 e. The van der Waals surface area contributed by atoms with Crippen LogP contribution in [-0.2, 0) is 9.53 Å². The van der Waals surface area contributed by atoms with Gasteiger partial charge in [0.05, 0.1) is 0 Å². The number of carbonyl (C=O) groups excluding carboxylic acids is 2. The summed E-state index contributed by atoms with van der Waals surface area (Å²) in [6, 6.07) is 7.58. The largest absolute Gasteiger partial charge is 0.448 e. The highest BCUT2D eigenvalue weighted by Gasteiger charge is 2.21. The molecule has 1 N–H and O–H groups in total. The van der Waals surface area contributed by atoms with Crippen LogP contribution >= 0.6 is 11.3 Å². The van der Waals surface area contributed by atoms with Crippen molar-refractivity contribution in [3.63, 3.8) is 0 Å². The first kappa shape index (κ1) is 17.2. The van der Waals surface area contributed by atoms with E-state index in [4.69, 9.17) is 4.74 Å². The molecule has 0 saturated heterocycles. The molecule has 1 heterocycles. The van der Waals surface area contributed by atoms with Crippen molar-refractivity contribution in [3.05, 3.63) is 50.7 Å². The molecule has 1 aromatic carbocycles. The summed E-state index contributed by atoms with van der Waals surface area (Å²) in [7, 11) is 0. The summed E-state index contributed by atoms with van der Waals surface area (Å²) in [6.45, 7) is 9.40. The van der Waals surface area contributed by atoms with Gasteiger partial charge in [-0.25, -0.2) is 4.79 Å². The van der Waals surface area contributed by atoms with Gasteiger partial charge in [-0.15, -0.1) is 11.3 Å². The van der Waals surface area contributed by atoms with E-state index in [-0.39, 0.29) is 5.91 Å². The number of aryl methyl sites for hydroxylation is 4. The molecule has 0 saturated carbocycles. The normalized spacial score (nSPS) is 11.9. The second kappa shape index (κ2) is 6.96. The zero-order valence-corrected chi connectivity index (χ0v) is 14.8. The summed E-state index contributed by atoms with van der Waals surface area (Å²) in [5, 5.41) is 2.85. The summed E-state index contributed by atoms with van der Waals surface area (Å²) in [5.74, 6) is -0.801. The lowest BCUT2D eigenvalue weighted by Crippen LogP contribution is -2.30. The first-order valence-corrected chi connectivity index (χ1v) is 8.25. The number of ether oxygens (including phenoxy) is 1. The molecule has 2 rings (SSSR count). The Balaban J connectivity index is 2.04. The number of esters is 1. The van der Waals surface area contributed by atoms with Crippen LogP contribution in [0.15, 0.2) is 24.3 Å².